The molecule has 3 nitrogen and oxygen atoms in total. The van der Waals surface area contributed by atoms with Gasteiger partial charge in [0, 0.05) is 5.69 Å². The summed E-state index contributed by atoms with van der Waals surface area (Å²) in [6.45, 7) is 0. The van der Waals surface area contributed by atoms with E-state index < -0.39 is 18.3 Å². The number of nitrogens with zero attached hydrogens (tertiary/aromatic N) is 1. The van der Waals surface area contributed by atoms with E-state index in [-0.39, 0.29) is 6.10 Å². The van der Waals surface area contributed by atoms with Crippen LogP contribution in [-0.4, -0.2) is 24.4 Å². The minimum atomic E-state index is -0.986. The number of hydrogen-bond donors (Lipinski definition) is 0. The highest BCUT2D eigenvalue weighted by atomic mass is 19.1. The number of halogens is 1. The van der Waals surface area contributed by atoms with Crippen LogP contribution in [0.25, 0.3) is 0 Å². The number of carbonyl (C=O) groups is 1. The Balaban J connectivity index is 1.95. The van der Waals surface area contributed by atoms with Crippen molar-refractivity contribution in [2.75, 3.05) is 4.90 Å². The molecule has 1 saturated heterocycles. The van der Waals surface area contributed by atoms with Crippen LogP contribution in [-0.2, 0) is 4.74 Å². The normalized spacial score (nSPS) is 32.2. The molecule has 1 aromatic rings. The molecule has 3 rings (SSSR count). The summed E-state index contributed by atoms with van der Waals surface area (Å²) in [7, 11) is 0. The number of benzene rings is 1. The SMILES string of the molecule is O=C1O[C@@H]2CCCC(F)C2N1c1ccccc1. The van der Waals surface area contributed by atoms with Crippen LogP contribution in [0.5, 0.6) is 0 Å². The van der Waals surface area contributed by atoms with E-state index in [4.69, 9.17) is 4.74 Å². The Bertz CT molecular complexity index is 423. The van der Waals surface area contributed by atoms with Crippen molar-refractivity contribution in [2.24, 2.45) is 0 Å². The maximum Gasteiger partial charge on any atom is 0.415 e. The molecule has 17 heavy (non-hydrogen) atoms. The molecule has 1 aliphatic carbocycles. The summed E-state index contributed by atoms with van der Waals surface area (Å²) < 4.78 is 19.2. The minimum Gasteiger partial charge on any atom is -0.444 e. The van der Waals surface area contributed by atoms with E-state index in [1.165, 1.54) is 4.90 Å². The van der Waals surface area contributed by atoms with Crippen molar-refractivity contribution >= 4 is 11.8 Å². The lowest BCUT2D eigenvalue weighted by atomic mass is 9.90. The third kappa shape index (κ3) is 1.68. The van der Waals surface area contributed by atoms with Crippen LogP contribution < -0.4 is 4.90 Å². The van der Waals surface area contributed by atoms with Crippen molar-refractivity contribution in [2.45, 2.75) is 37.6 Å². The molecule has 0 bridgehead atoms. The number of carbonyl (C=O) groups excluding carboxylic acids is 1. The van der Waals surface area contributed by atoms with Crippen LogP contribution in [0.4, 0.5) is 14.9 Å². The Morgan fingerprint density at radius 2 is 2.00 bits per heavy atom. The van der Waals surface area contributed by atoms with Gasteiger partial charge in [-0.3, -0.25) is 4.90 Å². The van der Waals surface area contributed by atoms with Gasteiger partial charge in [0.15, 0.2) is 0 Å². The van der Waals surface area contributed by atoms with Gasteiger partial charge in [-0.15, -0.1) is 0 Å². The third-order valence-electron chi connectivity index (χ3n) is 3.50. The van der Waals surface area contributed by atoms with E-state index in [1.54, 1.807) is 0 Å². The lowest BCUT2D eigenvalue weighted by Gasteiger charge is -2.31. The molecule has 2 aliphatic rings. The van der Waals surface area contributed by atoms with Gasteiger partial charge >= 0.3 is 6.09 Å². The van der Waals surface area contributed by atoms with Crippen molar-refractivity contribution in [1.29, 1.82) is 0 Å². The van der Waals surface area contributed by atoms with Crippen LogP contribution in [0.15, 0.2) is 30.3 Å². The second-order valence-corrected chi connectivity index (χ2v) is 4.57. The molecule has 1 saturated carbocycles. The number of anilines is 1. The van der Waals surface area contributed by atoms with Gasteiger partial charge in [-0.2, -0.15) is 0 Å². The molecule has 2 fully saturated rings. The summed E-state index contributed by atoms with van der Waals surface area (Å²) in [5.74, 6) is 0. The van der Waals surface area contributed by atoms with Gasteiger partial charge in [0.25, 0.3) is 0 Å². The third-order valence-corrected chi connectivity index (χ3v) is 3.50. The first-order valence-electron chi connectivity index (χ1n) is 5.96. The lowest BCUT2D eigenvalue weighted by Crippen LogP contribution is -2.46. The number of amides is 1. The average molecular weight is 235 g/mol. The summed E-state index contributed by atoms with van der Waals surface area (Å²) in [5.41, 5.74) is 0.717. The zero-order valence-corrected chi connectivity index (χ0v) is 9.38. The molecule has 4 heteroatoms. The van der Waals surface area contributed by atoms with Gasteiger partial charge in [0.2, 0.25) is 0 Å². The largest absolute Gasteiger partial charge is 0.444 e. The van der Waals surface area contributed by atoms with E-state index in [2.05, 4.69) is 0 Å². The fourth-order valence-corrected chi connectivity index (χ4v) is 2.72. The summed E-state index contributed by atoms with van der Waals surface area (Å²) in [5, 5.41) is 0. The molecule has 90 valence electrons. The van der Waals surface area contributed by atoms with E-state index in [0.29, 0.717) is 6.42 Å². The summed E-state index contributed by atoms with van der Waals surface area (Å²) in [6, 6.07) is 8.73. The number of rotatable bonds is 1. The van der Waals surface area contributed by atoms with Crippen molar-refractivity contribution in [3.63, 3.8) is 0 Å². The van der Waals surface area contributed by atoms with Gasteiger partial charge in [-0.25, -0.2) is 9.18 Å². The number of para-hydroxylation sites is 1. The van der Waals surface area contributed by atoms with E-state index in [0.717, 1.165) is 18.5 Å². The van der Waals surface area contributed by atoms with Gasteiger partial charge in [0.1, 0.15) is 18.3 Å². The maximum atomic E-state index is 14.0. The molecule has 0 radical (unpaired) electrons. The fraction of sp³-hybridized carbons (Fsp3) is 0.462. The predicted molar refractivity (Wildman–Crippen MR) is 61.7 cm³/mol. The number of hydrogen-bond acceptors (Lipinski definition) is 2. The summed E-state index contributed by atoms with van der Waals surface area (Å²) in [6.07, 6.45) is 0.377. The van der Waals surface area contributed by atoms with Crippen molar-refractivity contribution in [3.8, 4) is 0 Å². The van der Waals surface area contributed by atoms with Crippen LogP contribution in [0.2, 0.25) is 0 Å². The molecule has 3 atom stereocenters. The number of fused-ring (bicyclic) bond motifs is 1. The van der Waals surface area contributed by atoms with Gasteiger partial charge in [0.05, 0.1) is 0 Å². The first kappa shape index (κ1) is 10.6. The zero-order valence-electron chi connectivity index (χ0n) is 9.38. The maximum absolute atomic E-state index is 14.0. The Morgan fingerprint density at radius 1 is 1.24 bits per heavy atom. The molecule has 1 aliphatic heterocycles. The average Bonchev–Trinajstić information content (AvgIpc) is 2.68. The first-order valence-corrected chi connectivity index (χ1v) is 5.96. The standard InChI is InChI=1S/C13H14FNO2/c14-10-7-4-8-11-12(10)15(13(16)17-11)9-5-2-1-3-6-9/h1-3,5-6,10-12H,4,7-8H2/t10?,11-,12?/m1/s1. The Morgan fingerprint density at radius 3 is 2.76 bits per heavy atom. The molecule has 1 amide bonds. The second kappa shape index (κ2) is 4.02. The Labute approximate surface area is 99.2 Å². The van der Waals surface area contributed by atoms with Crippen LogP contribution in [0.3, 0.4) is 0 Å². The van der Waals surface area contributed by atoms with Crippen LogP contribution >= 0.6 is 0 Å². The van der Waals surface area contributed by atoms with Crippen molar-refractivity contribution < 1.29 is 13.9 Å². The van der Waals surface area contributed by atoms with Crippen molar-refractivity contribution in [1.82, 2.24) is 0 Å². The summed E-state index contributed by atoms with van der Waals surface area (Å²) in [4.78, 5) is 13.3. The topological polar surface area (TPSA) is 29.5 Å². The van der Waals surface area contributed by atoms with Crippen LogP contribution in [0, 0.1) is 0 Å². The molecule has 1 heterocycles. The highest BCUT2D eigenvalue weighted by Gasteiger charge is 2.48. The monoisotopic (exact) mass is 235 g/mol. The summed E-state index contributed by atoms with van der Waals surface area (Å²) >= 11 is 0. The van der Waals surface area contributed by atoms with Crippen molar-refractivity contribution in [3.05, 3.63) is 30.3 Å². The zero-order chi connectivity index (χ0) is 11.8. The Kier molecular flexibility index (Phi) is 2.50. The van der Waals surface area contributed by atoms with Gasteiger partial charge in [-0.05, 0) is 31.4 Å². The molecule has 0 aromatic heterocycles. The predicted octanol–water partition coefficient (Wildman–Crippen LogP) is 2.90. The minimum absolute atomic E-state index is 0.286. The van der Waals surface area contributed by atoms with Gasteiger partial charge < -0.3 is 4.74 Å². The molecular weight excluding hydrogens is 221 g/mol. The molecular formula is C13H14FNO2. The van der Waals surface area contributed by atoms with E-state index in [9.17, 15) is 9.18 Å². The lowest BCUT2D eigenvalue weighted by molar-refractivity contribution is 0.0831. The van der Waals surface area contributed by atoms with E-state index in [1.807, 2.05) is 30.3 Å². The fourth-order valence-electron chi connectivity index (χ4n) is 2.72. The highest BCUT2D eigenvalue weighted by Crippen LogP contribution is 2.36. The van der Waals surface area contributed by atoms with Gasteiger partial charge in [-0.1, -0.05) is 18.2 Å². The first-order chi connectivity index (χ1) is 8.27. The quantitative estimate of drug-likeness (QED) is 0.749. The second-order valence-electron chi connectivity index (χ2n) is 4.57. The smallest absolute Gasteiger partial charge is 0.415 e. The molecule has 2 unspecified atom stereocenters. The molecule has 1 aromatic carbocycles. The van der Waals surface area contributed by atoms with E-state index >= 15 is 0 Å². The number of ether oxygens (including phenoxy) is 1. The highest BCUT2D eigenvalue weighted by molar-refractivity contribution is 5.90. The van der Waals surface area contributed by atoms with Crippen LogP contribution in [0.1, 0.15) is 19.3 Å². The Hall–Kier alpha value is -1.58. The molecule has 0 N–H and O–H groups in total. The number of alkyl halides is 1. The molecule has 0 spiro atoms.